The monoisotopic (exact) mass is 385 g/mol. The number of amides is 1. The molecule has 8 nitrogen and oxygen atoms in total. The zero-order valence-electron chi connectivity index (χ0n) is 14.6. The van der Waals surface area contributed by atoms with Crippen molar-refractivity contribution in [3.8, 4) is 5.75 Å². The summed E-state index contributed by atoms with van der Waals surface area (Å²) in [4.78, 5) is 20.8. The lowest BCUT2D eigenvalue weighted by molar-refractivity contribution is 0.0295. The van der Waals surface area contributed by atoms with Crippen molar-refractivity contribution >= 4 is 23.6 Å². The summed E-state index contributed by atoms with van der Waals surface area (Å²) in [5, 5.41) is 9.14. The molecule has 5 rings (SSSR count). The lowest BCUT2D eigenvalue weighted by Crippen LogP contribution is -2.41. The van der Waals surface area contributed by atoms with Gasteiger partial charge in [0.25, 0.3) is 5.91 Å². The highest BCUT2D eigenvalue weighted by Gasteiger charge is 2.29. The van der Waals surface area contributed by atoms with Gasteiger partial charge < -0.3 is 14.4 Å². The van der Waals surface area contributed by atoms with Crippen molar-refractivity contribution in [2.24, 2.45) is 0 Å². The normalized spacial score (nSPS) is 21.4. The van der Waals surface area contributed by atoms with Crippen LogP contribution in [0.4, 0.5) is 5.95 Å². The second kappa shape index (κ2) is 6.90. The standard InChI is InChI=1S/C18H19N5O3S/c24-16(22-4-8-25-9-5-22)15-19-18(21-20-15)23-6-10-27-17(23)13-1-2-14-12(11-13)3-7-26-14/h1-2,6,10-11,17H,3-5,7-9H2,(H,19,20,21). The number of anilines is 1. The van der Waals surface area contributed by atoms with E-state index >= 15 is 0 Å². The maximum Gasteiger partial charge on any atom is 0.291 e. The van der Waals surface area contributed by atoms with Crippen LogP contribution in [0, 0.1) is 0 Å². The number of morpholine rings is 1. The van der Waals surface area contributed by atoms with Crippen molar-refractivity contribution in [2.75, 3.05) is 37.8 Å². The smallest absolute Gasteiger partial charge is 0.291 e. The number of nitrogens with one attached hydrogen (secondary N) is 1. The van der Waals surface area contributed by atoms with Crippen molar-refractivity contribution in [2.45, 2.75) is 11.8 Å². The first-order valence-corrected chi connectivity index (χ1v) is 9.89. The van der Waals surface area contributed by atoms with E-state index in [0.717, 1.165) is 18.8 Å². The molecular formula is C18H19N5O3S. The molecule has 0 saturated carbocycles. The Kier molecular flexibility index (Phi) is 4.25. The Morgan fingerprint density at radius 2 is 2.15 bits per heavy atom. The molecule has 1 aromatic carbocycles. The van der Waals surface area contributed by atoms with Gasteiger partial charge in [0.15, 0.2) is 0 Å². The molecular weight excluding hydrogens is 366 g/mol. The van der Waals surface area contributed by atoms with E-state index in [1.54, 1.807) is 16.7 Å². The first-order chi connectivity index (χ1) is 13.3. The second-order valence-electron chi connectivity index (χ2n) is 6.54. The molecule has 0 spiro atoms. The topological polar surface area (TPSA) is 83.6 Å². The van der Waals surface area contributed by atoms with Crippen molar-refractivity contribution in [3.05, 3.63) is 46.8 Å². The van der Waals surface area contributed by atoms with E-state index in [4.69, 9.17) is 9.47 Å². The zero-order valence-corrected chi connectivity index (χ0v) is 15.4. The van der Waals surface area contributed by atoms with E-state index in [2.05, 4.69) is 27.3 Å². The van der Waals surface area contributed by atoms with E-state index < -0.39 is 0 Å². The molecule has 1 saturated heterocycles. The molecule has 0 aliphatic carbocycles. The van der Waals surface area contributed by atoms with Crippen LogP contribution in [0.3, 0.4) is 0 Å². The Morgan fingerprint density at radius 1 is 1.26 bits per heavy atom. The van der Waals surface area contributed by atoms with Crippen molar-refractivity contribution in [3.63, 3.8) is 0 Å². The minimum absolute atomic E-state index is 0.0399. The molecule has 1 unspecified atom stereocenters. The third kappa shape index (κ3) is 3.06. The van der Waals surface area contributed by atoms with Crippen LogP contribution < -0.4 is 9.64 Å². The molecule has 140 valence electrons. The number of aromatic amines is 1. The summed E-state index contributed by atoms with van der Waals surface area (Å²) in [6, 6.07) is 6.29. The number of ether oxygens (including phenoxy) is 2. The predicted molar refractivity (Wildman–Crippen MR) is 101 cm³/mol. The molecule has 0 radical (unpaired) electrons. The van der Waals surface area contributed by atoms with Crippen LogP contribution in [0.5, 0.6) is 5.75 Å². The van der Waals surface area contributed by atoms with Gasteiger partial charge in [-0.3, -0.25) is 14.8 Å². The van der Waals surface area contributed by atoms with Crippen LogP contribution in [0.2, 0.25) is 0 Å². The van der Waals surface area contributed by atoms with Gasteiger partial charge in [-0.1, -0.05) is 6.07 Å². The van der Waals surface area contributed by atoms with Gasteiger partial charge in [0.2, 0.25) is 11.8 Å². The maximum absolute atomic E-state index is 12.6. The van der Waals surface area contributed by atoms with Crippen LogP contribution in [-0.4, -0.2) is 58.9 Å². The van der Waals surface area contributed by atoms with Gasteiger partial charge in [-0.05, 0) is 28.7 Å². The number of hydrogen-bond acceptors (Lipinski definition) is 7. The molecule has 2 aromatic rings. The van der Waals surface area contributed by atoms with Crippen LogP contribution in [0.15, 0.2) is 29.8 Å². The number of benzene rings is 1. The first-order valence-electron chi connectivity index (χ1n) is 8.95. The zero-order chi connectivity index (χ0) is 18.2. The van der Waals surface area contributed by atoms with Crippen molar-refractivity contribution < 1.29 is 14.3 Å². The van der Waals surface area contributed by atoms with Gasteiger partial charge in [0.1, 0.15) is 11.1 Å². The molecule has 1 fully saturated rings. The molecule has 3 aliphatic rings. The molecule has 1 amide bonds. The maximum atomic E-state index is 12.6. The Bertz CT molecular complexity index is 893. The van der Waals surface area contributed by atoms with Gasteiger partial charge in [-0.15, -0.1) is 16.9 Å². The van der Waals surface area contributed by atoms with E-state index in [0.29, 0.717) is 32.3 Å². The van der Waals surface area contributed by atoms with Gasteiger partial charge in [-0.25, -0.2) is 0 Å². The SMILES string of the molecule is O=C(c1nc(N2C=CSC2c2ccc3c(c2)CCO3)n[nH]1)N1CCOCC1. The number of H-pyrrole nitrogens is 1. The molecule has 4 heterocycles. The fourth-order valence-electron chi connectivity index (χ4n) is 3.47. The number of fused-ring (bicyclic) bond motifs is 1. The summed E-state index contributed by atoms with van der Waals surface area (Å²) in [5.41, 5.74) is 2.40. The third-order valence-electron chi connectivity index (χ3n) is 4.89. The number of hydrogen-bond donors (Lipinski definition) is 1. The summed E-state index contributed by atoms with van der Waals surface area (Å²) < 4.78 is 10.9. The highest BCUT2D eigenvalue weighted by molar-refractivity contribution is 8.02. The molecule has 3 aliphatic heterocycles. The number of carbonyl (C=O) groups is 1. The van der Waals surface area contributed by atoms with Gasteiger partial charge in [0.05, 0.1) is 19.8 Å². The Hall–Kier alpha value is -2.52. The Balaban J connectivity index is 1.37. The summed E-state index contributed by atoms with van der Waals surface area (Å²) in [5.74, 6) is 1.59. The fourth-order valence-corrected chi connectivity index (χ4v) is 4.42. The highest BCUT2D eigenvalue weighted by Crippen LogP contribution is 2.42. The highest BCUT2D eigenvalue weighted by atomic mass is 32.2. The number of rotatable bonds is 3. The number of carbonyl (C=O) groups excluding carboxylic acids is 1. The summed E-state index contributed by atoms with van der Waals surface area (Å²) in [7, 11) is 0. The molecule has 9 heteroatoms. The van der Waals surface area contributed by atoms with Gasteiger partial charge in [0, 0.05) is 25.7 Å². The molecule has 1 aromatic heterocycles. The number of aromatic nitrogens is 3. The van der Waals surface area contributed by atoms with Crippen molar-refractivity contribution in [1.29, 1.82) is 0 Å². The summed E-state index contributed by atoms with van der Waals surface area (Å²) >= 11 is 1.69. The average molecular weight is 385 g/mol. The number of nitrogens with zero attached hydrogens (tertiary/aromatic N) is 4. The first kappa shape index (κ1) is 16.6. The van der Waals surface area contributed by atoms with E-state index in [9.17, 15) is 4.79 Å². The largest absolute Gasteiger partial charge is 0.493 e. The van der Waals surface area contributed by atoms with E-state index in [-0.39, 0.29) is 17.1 Å². The molecule has 27 heavy (non-hydrogen) atoms. The minimum atomic E-state index is -0.140. The third-order valence-corrected chi connectivity index (χ3v) is 5.92. The summed E-state index contributed by atoms with van der Waals surface area (Å²) in [6.07, 6.45) is 2.89. The second-order valence-corrected chi connectivity index (χ2v) is 7.53. The predicted octanol–water partition coefficient (Wildman–Crippen LogP) is 1.94. The van der Waals surface area contributed by atoms with Gasteiger partial charge >= 0.3 is 0 Å². The lowest BCUT2D eigenvalue weighted by atomic mass is 10.1. The quantitative estimate of drug-likeness (QED) is 0.864. The molecule has 0 bridgehead atoms. The molecule has 1 N–H and O–H groups in total. The molecule has 1 atom stereocenters. The average Bonchev–Trinajstić information content (AvgIpc) is 3.46. The van der Waals surface area contributed by atoms with Gasteiger partial charge in [-0.2, -0.15) is 4.98 Å². The number of thioether (sulfide) groups is 1. The van der Waals surface area contributed by atoms with Crippen LogP contribution >= 0.6 is 11.8 Å². The Labute approximate surface area is 160 Å². The van der Waals surface area contributed by atoms with E-state index in [1.807, 2.05) is 22.6 Å². The fraction of sp³-hybridized carbons (Fsp3) is 0.389. The summed E-state index contributed by atoms with van der Waals surface area (Å²) in [6.45, 7) is 3.01. The van der Waals surface area contributed by atoms with Crippen molar-refractivity contribution in [1.82, 2.24) is 20.1 Å². The van der Waals surface area contributed by atoms with Crippen LogP contribution in [-0.2, 0) is 11.2 Å². The van der Waals surface area contributed by atoms with Crippen LogP contribution in [0.1, 0.15) is 27.1 Å². The van der Waals surface area contributed by atoms with Crippen LogP contribution in [0.25, 0.3) is 0 Å². The van der Waals surface area contributed by atoms with E-state index in [1.165, 1.54) is 11.1 Å². The Morgan fingerprint density at radius 3 is 3.04 bits per heavy atom. The minimum Gasteiger partial charge on any atom is -0.493 e. The lowest BCUT2D eigenvalue weighted by Gasteiger charge is -2.25.